The van der Waals surface area contributed by atoms with E-state index in [1.165, 1.54) is 0 Å². The average molecular weight is 258 g/mol. The Kier molecular flexibility index (Phi) is 9.24. The lowest BCUT2D eigenvalue weighted by Crippen LogP contribution is -2.10. The van der Waals surface area contributed by atoms with Gasteiger partial charge in [-0.3, -0.25) is 0 Å². The molecule has 0 saturated heterocycles. The number of aliphatic carboxylic acids is 1. The molecule has 0 fully saturated rings. The minimum atomic E-state index is -1.16. The fraction of sp³-hybridized carbons (Fsp3) is 0.500. The average Bonchev–Trinajstić information content (AvgIpc) is 2.27. The van der Waals surface area contributed by atoms with Gasteiger partial charge in [-0.2, -0.15) is 11.8 Å². The number of esters is 1. The Hall–Kier alpha value is -1.23. The second-order valence-corrected chi connectivity index (χ2v) is 4.81. The maximum atomic E-state index is 11.0. The number of carboxylic acid groups (broad SMARTS) is 1. The zero-order valence-corrected chi connectivity index (χ0v) is 10.7. The van der Waals surface area contributed by atoms with E-state index in [9.17, 15) is 9.59 Å². The molecule has 0 heterocycles. The summed E-state index contributed by atoms with van der Waals surface area (Å²) in [4.78, 5) is 21.2. The van der Waals surface area contributed by atoms with Crippen molar-refractivity contribution in [2.24, 2.45) is 0 Å². The van der Waals surface area contributed by atoms with Crippen LogP contribution in [0.3, 0.4) is 0 Å². The van der Waals surface area contributed by atoms with Gasteiger partial charge in [0.2, 0.25) is 0 Å². The molecule has 0 aliphatic rings. The van der Waals surface area contributed by atoms with Crippen LogP contribution in [-0.2, 0) is 14.3 Å². The lowest BCUT2D eigenvalue weighted by atomic mass is 10.2. The third kappa shape index (κ3) is 9.68. The zero-order valence-electron chi connectivity index (χ0n) is 9.93. The molecular weight excluding hydrogens is 240 g/mol. The van der Waals surface area contributed by atoms with E-state index in [1.54, 1.807) is 11.8 Å². The maximum Gasteiger partial charge on any atom is 0.331 e. The van der Waals surface area contributed by atoms with Gasteiger partial charge in [0.1, 0.15) is 0 Å². The van der Waals surface area contributed by atoms with Crippen LogP contribution < -0.4 is 0 Å². The van der Waals surface area contributed by atoms with Crippen molar-refractivity contribution < 1.29 is 19.4 Å². The number of hydrogen-bond acceptors (Lipinski definition) is 4. The van der Waals surface area contributed by atoms with Crippen molar-refractivity contribution in [2.75, 3.05) is 12.4 Å². The summed E-state index contributed by atoms with van der Waals surface area (Å²) in [5.74, 6) is -0.773. The molecule has 0 aromatic carbocycles. The van der Waals surface area contributed by atoms with Crippen LogP contribution in [0.4, 0.5) is 0 Å². The molecule has 96 valence electrons. The van der Waals surface area contributed by atoms with E-state index in [1.807, 2.05) is 6.08 Å². The van der Waals surface area contributed by atoms with E-state index >= 15 is 0 Å². The number of carbonyl (C=O) groups is 2. The second kappa shape index (κ2) is 9.96. The van der Waals surface area contributed by atoms with Crippen molar-refractivity contribution in [3.8, 4) is 0 Å². The normalized spacial score (nSPS) is 12.3. The molecule has 0 amide bonds. The van der Waals surface area contributed by atoms with Crippen molar-refractivity contribution in [1.29, 1.82) is 0 Å². The van der Waals surface area contributed by atoms with E-state index in [0.717, 1.165) is 30.7 Å². The summed E-state index contributed by atoms with van der Waals surface area (Å²) in [5.41, 5.74) is 0. The summed E-state index contributed by atoms with van der Waals surface area (Å²) < 4.78 is 4.88. The van der Waals surface area contributed by atoms with Gasteiger partial charge >= 0.3 is 11.9 Å². The molecule has 0 saturated carbocycles. The molecule has 0 rings (SSSR count). The van der Waals surface area contributed by atoms with Crippen LogP contribution in [-0.4, -0.2) is 34.7 Å². The predicted octanol–water partition coefficient (Wildman–Crippen LogP) is 2.26. The first kappa shape index (κ1) is 15.8. The van der Waals surface area contributed by atoms with Crippen molar-refractivity contribution in [1.82, 2.24) is 0 Å². The molecule has 4 nitrogen and oxygen atoms in total. The lowest BCUT2D eigenvalue weighted by molar-refractivity contribution is -0.138. The predicted molar refractivity (Wildman–Crippen MR) is 69.1 cm³/mol. The van der Waals surface area contributed by atoms with Crippen LogP contribution in [0.5, 0.6) is 0 Å². The van der Waals surface area contributed by atoms with Crippen LogP contribution in [0.15, 0.2) is 24.8 Å². The monoisotopic (exact) mass is 258 g/mol. The first-order valence-corrected chi connectivity index (χ1v) is 6.45. The minimum absolute atomic E-state index is 0.300. The summed E-state index contributed by atoms with van der Waals surface area (Å²) >= 11 is 1.80. The Labute approximate surface area is 106 Å². The second-order valence-electron chi connectivity index (χ2n) is 3.23. The maximum absolute atomic E-state index is 11.0. The fourth-order valence-electron chi connectivity index (χ4n) is 1.17. The van der Waals surface area contributed by atoms with Crippen LogP contribution in [0.2, 0.25) is 0 Å². The van der Waals surface area contributed by atoms with Crippen molar-refractivity contribution in [3.05, 3.63) is 24.8 Å². The standard InChI is InChI=1S/C12H18O4S/c1-3-5-10(17-4-2)8-9-16-12(15)7-6-11(13)14/h3,6-7,10H,1,4-5,8-9H2,2H3,(H,13,14)/b7-6-. The third-order valence-corrected chi connectivity index (χ3v) is 3.11. The van der Waals surface area contributed by atoms with Crippen molar-refractivity contribution in [3.63, 3.8) is 0 Å². The number of carboxylic acids is 1. The van der Waals surface area contributed by atoms with Crippen LogP contribution >= 0.6 is 11.8 Å². The van der Waals surface area contributed by atoms with Crippen LogP contribution in [0.25, 0.3) is 0 Å². The fourth-order valence-corrected chi connectivity index (χ4v) is 2.18. The number of thioether (sulfide) groups is 1. The highest BCUT2D eigenvalue weighted by Crippen LogP contribution is 2.18. The van der Waals surface area contributed by atoms with Crippen LogP contribution in [0.1, 0.15) is 19.8 Å². The van der Waals surface area contributed by atoms with Gasteiger partial charge in [-0.25, -0.2) is 9.59 Å². The smallest absolute Gasteiger partial charge is 0.331 e. The summed E-state index contributed by atoms with van der Waals surface area (Å²) in [5, 5.41) is 8.70. The van der Waals surface area contributed by atoms with Gasteiger partial charge in [0.25, 0.3) is 0 Å². The molecule has 0 aromatic rings. The molecular formula is C12H18O4S. The van der Waals surface area contributed by atoms with Crippen molar-refractivity contribution in [2.45, 2.75) is 25.0 Å². The Balaban J connectivity index is 3.83. The highest BCUT2D eigenvalue weighted by Gasteiger charge is 2.07. The number of carbonyl (C=O) groups excluding carboxylic acids is 1. The molecule has 1 N–H and O–H groups in total. The van der Waals surface area contributed by atoms with Gasteiger partial charge in [0, 0.05) is 17.4 Å². The van der Waals surface area contributed by atoms with E-state index in [0.29, 0.717) is 11.9 Å². The Bertz CT molecular complexity index is 286. The van der Waals surface area contributed by atoms with Crippen molar-refractivity contribution >= 4 is 23.7 Å². The quantitative estimate of drug-likeness (QED) is 0.390. The van der Waals surface area contributed by atoms with E-state index in [2.05, 4.69) is 13.5 Å². The SMILES string of the molecule is C=CCC(CCOC(=O)/C=C\C(=O)O)SCC. The molecule has 1 unspecified atom stereocenters. The minimum Gasteiger partial charge on any atom is -0.478 e. The number of ether oxygens (including phenoxy) is 1. The summed E-state index contributed by atoms with van der Waals surface area (Å²) in [6.07, 6.45) is 5.15. The van der Waals surface area contributed by atoms with Gasteiger partial charge in [-0.05, 0) is 18.6 Å². The number of hydrogen-bond donors (Lipinski definition) is 1. The summed E-state index contributed by atoms with van der Waals surface area (Å²) in [6.45, 7) is 6.05. The van der Waals surface area contributed by atoms with Crippen LogP contribution in [0, 0.1) is 0 Å². The molecule has 0 aliphatic carbocycles. The molecule has 0 aromatic heterocycles. The first-order valence-electron chi connectivity index (χ1n) is 5.40. The molecule has 0 radical (unpaired) electrons. The van der Waals surface area contributed by atoms with E-state index in [-0.39, 0.29) is 0 Å². The van der Waals surface area contributed by atoms with Gasteiger partial charge in [0.15, 0.2) is 0 Å². The molecule has 0 bridgehead atoms. The summed E-state index contributed by atoms with van der Waals surface area (Å²) in [7, 11) is 0. The summed E-state index contributed by atoms with van der Waals surface area (Å²) in [6, 6.07) is 0. The first-order chi connectivity index (χ1) is 8.10. The molecule has 1 atom stereocenters. The third-order valence-electron chi connectivity index (χ3n) is 1.88. The van der Waals surface area contributed by atoms with Gasteiger partial charge < -0.3 is 9.84 Å². The molecule has 17 heavy (non-hydrogen) atoms. The zero-order chi connectivity index (χ0) is 13.1. The van der Waals surface area contributed by atoms with E-state index in [4.69, 9.17) is 9.84 Å². The Morgan fingerprint density at radius 3 is 2.71 bits per heavy atom. The highest BCUT2D eigenvalue weighted by atomic mass is 32.2. The molecule has 0 spiro atoms. The molecule has 5 heteroatoms. The van der Waals surface area contributed by atoms with Gasteiger partial charge in [0.05, 0.1) is 6.61 Å². The number of rotatable bonds is 9. The highest BCUT2D eigenvalue weighted by molar-refractivity contribution is 7.99. The van der Waals surface area contributed by atoms with E-state index < -0.39 is 11.9 Å². The van der Waals surface area contributed by atoms with Gasteiger partial charge in [-0.15, -0.1) is 6.58 Å². The Morgan fingerprint density at radius 1 is 1.47 bits per heavy atom. The Morgan fingerprint density at radius 2 is 2.18 bits per heavy atom. The molecule has 0 aliphatic heterocycles. The van der Waals surface area contributed by atoms with Gasteiger partial charge in [-0.1, -0.05) is 13.0 Å². The lowest BCUT2D eigenvalue weighted by Gasteiger charge is -2.12. The number of allylic oxidation sites excluding steroid dienone is 1. The largest absolute Gasteiger partial charge is 0.478 e. The topological polar surface area (TPSA) is 63.6 Å².